The first-order valence-corrected chi connectivity index (χ1v) is 7.18. The molecule has 1 saturated carbocycles. The number of likely N-dealkylation sites (N-methyl/N-ethyl adjacent to an activating group) is 1. The number of nitrogens with one attached hydrogen (secondary N) is 1. The van der Waals surface area contributed by atoms with Crippen LogP contribution in [0, 0.1) is 5.92 Å². The minimum atomic E-state index is 0.824. The monoisotopic (exact) mass is 226 g/mol. The molecular weight excluding hydrogens is 196 g/mol. The smallest absolute Gasteiger partial charge is 0.0110 e. The Morgan fingerprint density at radius 1 is 1.19 bits per heavy atom. The van der Waals surface area contributed by atoms with Crippen LogP contribution >= 0.6 is 0 Å². The fraction of sp³-hybridized carbons (Fsp3) is 1.00. The van der Waals surface area contributed by atoms with E-state index in [0.29, 0.717) is 0 Å². The van der Waals surface area contributed by atoms with Crippen LogP contribution in [0.3, 0.4) is 0 Å². The predicted octanol–water partition coefficient (Wildman–Crippen LogP) is 2.89. The first-order valence-electron chi connectivity index (χ1n) is 7.18. The lowest BCUT2D eigenvalue weighted by Crippen LogP contribution is -2.38. The fourth-order valence-corrected chi connectivity index (χ4v) is 2.61. The fourth-order valence-electron chi connectivity index (χ4n) is 2.61. The zero-order chi connectivity index (χ0) is 11.8. The second-order valence-corrected chi connectivity index (χ2v) is 5.50. The largest absolute Gasteiger partial charge is 0.315 e. The third-order valence-electron chi connectivity index (χ3n) is 3.72. The summed E-state index contributed by atoms with van der Waals surface area (Å²) >= 11 is 0. The van der Waals surface area contributed by atoms with Gasteiger partial charge in [-0.05, 0) is 38.3 Å². The number of hydrogen-bond donors (Lipinski definition) is 1. The van der Waals surface area contributed by atoms with Gasteiger partial charge in [0.05, 0.1) is 0 Å². The third kappa shape index (κ3) is 5.31. The van der Waals surface area contributed by atoms with Crippen LogP contribution < -0.4 is 5.32 Å². The van der Waals surface area contributed by atoms with Crippen molar-refractivity contribution in [2.24, 2.45) is 5.92 Å². The Labute approximate surface area is 102 Å². The molecule has 96 valence electrons. The lowest BCUT2D eigenvalue weighted by Gasteiger charge is -2.27. The Bertz CT molecular complexity index is 162. The van der Waals surface area contributed by atoms with Crippen LogP contribution in [-0.2, 0) is 0 Å². The summed E-state index contributed by atoms with van der Waals surface area (Å²) in [5, 5.41) is 3.56. The van der Waals surface area contributed by atoms with E-state index in [1.165, 1.54) is 51.7 Å². The first-order chi connectivity index (χ1) is 7.74. The van der Waals surface area contributed by atoms with E-state index >= 15 is 0 Å². The molecule has 1 fully saturated rings. The maximum Gasteiger partial charge on any atom is 0.0110 e. The van der Waals surface area contributed by atoms with Crippen LogP contribution in [0.2, 0.25) is 0 Å². The summed E-state index contributed by atoms with van der Waals surface area (Å²) in [6.07, 6.45) is 7.05. The maximum atomic E-state index is 3.56. The van der Waals surface area contributed by atoms with E-state index < -0.39 is 0 Å². The van der Waals surface area contributed by atoms with Crippen molar-refractivity contribution in [3.63, 3.8) is 0 Å². The average molecular weight is 226 g/mol. The van der Waals surface area contributed by atoms with Crippen molar-refractivity contribution in [2.75, 3.05) is 26.2 Å². The topological polar surface area (TPSA) is 15.3 Å². The van der Waals surface area contributed by atoms with Gasteiger partial charge < -0.3 is 5.32 Å². The van der Waals surface area contributed by atoms with Gasteiger partial charge in [-0.2, -0.15) is 0 Å². The highest BCUT2D eigenvalue weighted by atomic mass is 15.2. The molecule has 1 aliphatic carbocycles. The van der Waals surface area contributed by atoms with Crippen molar-refractivity contribution in [3.8, 4) is 0 Å². The van der Waals surface area contributed by atoms with E-state index in [1.54, 1.807) is 0 Å². The second-order valence-electron chi connectivity index (χ2n) is 5.50. The third-order valence-corrected chi connectivity index (χ3v) is 3.72. The van der Waals surface area contributed by atoms with Crippen molar-refractivity contribution in [3.05, 3.63) is 0 Å². The molecule has 0 aromatic carbocycles. The van der Waals surface area contributed by atoms with Gasteiger partial charge in [-0.1, -0.05) is 33.6 Å². The zero-order valence-electron chi connectivity index (χ0n) is 11.5. The van der Waals surface area contributed by atoms with Gasteiger partial charge in [0.15, 0.2) is 0 Å². The average Bonchev–Trinajstić information content (AvgIpc) is 2.76. The lowest BCUT2D eigenvalue weighted by atomic mass is 10.1. The van der Waals surface area contributed by atoms with E-state index in [1.807, 2.05) is 0 Å². The standard InChI is InChI=1S/C14H30N2/c1-4-16(14-7-5-6-8-14)12-11-15-10-9-13(2)3/h13-15H,4-12H2,1-3H3. The van der Waals surface area contributed by atoms with Crippen LogP contribution in [0.1, 0.15) is 52.9 Å². The molecule has 2 heteroatoms. The highest BCUT2D eigenvalue weighted by Crippen LogP contribution is 2.22. The highest BCUT2D eigenvalue weighted by Gasteiger charge is 2.20. The summed E-state index contributed by atoms with van der Waals surface area (Å²) in [4.78, 5) is 2.66. The van der Waals surface area contributed by atoms with E-state index in [-0.39, 0.29) is 0 Å². The Hall–Kier alpha value is -0.0800. The second kappa shape index (κ2) is 8.08. The van der Waals surface area contributed by atoms with Gasteiger partial charge >= 0.3 is 0 Å². The summed E-state index contributed by atoms with van der Waals surface area (Å²) in [7, 11) is 0. The van der Waals surface area contributed by atoms with Gasteiger partial charge in [-0.25, -0.2) is 0 Å². The maximum absolute atomic E-state index is 3.56. The Balaban J connectivity index is 2.04. The molecule has 0 aromatic rings. The van der Waals surface area contributed by atoms with Gasteiger partial charge in [0, 0.05) is 19.1 Å². The molecule has 0 unspecified atom stereocenters. The molecule has 0 aromatic heterocycles. The molecular formula is C14H30N2. The van der Waals surface area contributed by atoms with Gasteiger partial charge in [-0.15, -0.1) is 0 Å². The van der Waals surface area contributed by atoms with Crippen LogP contribution in [-0.4, -0.2) is 37.1 Å². The van der Waals surface area contributed by atoms with E-state index in [2.05, 4.69) is 31.0 Å². The molecule has 0 atom stereocenters. The normalized spacial score (nSPS) is 17.8. The van der Waals surface area contributed by atoms with E-state index in [4.69, 9.17) is 0 Å². The summed E-state index contributed by atoms with van der Waals surface area (Å²) < 4.78 is 0. The molecule has 0 spiro atoms. The minimum absolute atomic E-state index is 0.824. The van der Waals surface area contributed by atoms with Crippen molar-refractivity contribution in [1.82, 2.24) is 10.2 Å². The first kappa shape index (κ1) is 14.0. The van der Waals surface area contributed by atoms with Crippen molar-refractivity contribution in [1.29, 1.82) is 0 Å². The molecule has 1 N–H and O–H groups in total. The van der Waals surface area contributed by atoms with Gasteiger partial charge in [0.1, 0.15) is 0 Å². The quantitative estimate of drug-likeness (QED) is 0.640. The number of nitrogens with zero attached hydrogens (tertiary/aromatic N) is 1. The molecule has 1 aliphatic rings. The van der Waals surface area contributed by atoms with Gasteiger partial charge in [0.2, 0.25) is 0 Å². The summed E-state index contributed by atoms with van der Waals surface area (Å²) in [5.41, 5.74) is 0. The molecule has 16 heavy (non-hydrogen) atoms. The summed E-state index contributed by atoms with van der Waals surface area (Å²) in [6, 6.07) is 0.886. The van der Waals surface area contributed by atoms with Crippen molar-refractivity contribution < 1.29 is 0 Å². The lowest BCUT2D eigenvalue weighted by molar-refractivity contribution is 0.209. The Morgan fingerprint density at radius 2 is 1.88 bits per heavy atom. The van der Waals surface area contributed by atoms with Crippen molar-refractivity contribution >= 4 is 0 Å². The van der Waals surface area contributed by atoms with Crippen LogP contribution in [0.15, 0.2) is 0 Å². The molecule has 0 amide bonds. The number of hydrogen-bond acceptors (Lipinski definition) is 2. The SMILES string of the molecule is CCN(CCNCCC(C)C)C1CCCC1. The van der Waals surface area contributed by atoms with Gasteiger partial charge in [-0.3, -0.25) is 4.90 Å². The van der Waals surface area contributed by atoms with E-state index in [0.717, 1.165) is 18.5 Å². The Kier molecular flexibility index (Phi) is 7.06. The molecule has 0 bridgehead atoms. The van der Waals surface area contributed by atoms with Crippen molar-refractivity contribution in [2.45, 2.75) is 58.9 Å². The molecule has 1 rings (SSSR count). The zero-order valence-corrected chi connectivity index (χ0v) is 11.5. The predicted molar refractivity (Wildman–Crippen MR) is 71.8 cm³/mol. The summed E-state index contributed by atoms with van der Waals surface area (Å²) in [6.45, 7) is 11.7. The van der Waals surface area contributed by atoms with Crippen LogP contribution in [0.4, 0.5) is 0 Å². The summed E-state index contributed by atoms with van der Waals surface area (Å²) in [5.74, 6) is 0.824. The molecule has 0 radical (unpaired) electrons. The van der Waals surface area contributed by atoms with Gasteiger partial charge in [0.25, 0.3) is 0 Å². The molecule has 0 saturated heterocycles. The van der Waals surface area contributed by atoms with Crippen LogP contribution in [0.25, 0.3) is 0 Å². The molecule has 0 heterocycles. The van der Waals surface area contributed by atoms with E-state index in [9.17, 15) is 0 Å². The minimum Gasteiger partial charge on any atom is -0.315 e. The highest BCUT2D eigenvalue weighted by molar-refractivity contribution is 4.77. The Morgan fingerprint density at radius 3 is 2.44 bits per heavy atom. The number of rotatable bonds is 8. The molecule has 0 aliphatic heterocycles. The molecule has 2 nitrogen and oxygen atoms in total. The van der Waals surface area contributed by atoms with Crippen LogP contribution in [0.5, 0.6) is 0 Å².